The molecule has 2 N–H and O–H groups in total. The van der Waals surface area contributed by atoms with E-state index in [9.17, 15) is 14.0 Å². The SMILES string of the molecule is COCC(NC(=O)N1CC(=O)Nc2cc(C3CC3)cnc21)c1ccc(OC(C)(C)F)cc1. The number of hydrogen-bond donors (Lipinski definition) is 2. The molecule has 1 aliphatic carbocycles. The molecule has 9 heteroatoms. The molecule has 0 spiro atoms. The average Bonchev–Trinajstić information content (AvgIpc) is 3.57. The summed E-state index contributed by atoms with van der Waals surface area (Å²) in [6.07, 6.45) is 4.00. The van der Waals surface area contributed by atoms with Gasteiger partial charge in [0.15, 0.2) is 5.82 Å². The highest BCUT2D eigenvalue weighted by Crippen LogP contribution is 2.42. The molecule has 0 bridgehead atoms. The maximum atomic E-state index is 13.7. The largest absolute Gasteiger partial charge is 0.459 e. The lowest BCUT2D eigenvalue weighted by Crippen LogP contribution is -2.49. The lowest BCUT2D eigenvalue weighted by atomic mass is 10.1. The van der Waals surface area contributed by atoms with Gasteiger partial charge in [0, 0.05) is 27.2 Å². The van der Waals surface area contributed by atoms with Gasteiger partial charge < -0.3 is 20.1 Å². The molecule has 1 unspecified atom stereocenters. The lowest BCUT2D eigenvalue weighted by Gasteiger charge is -2.30. The minimum atomic E-state index is -1.80. The standard InChI is InChI=1S/C23H27FN4O4/c1-23(2,24)32-17-8-6-15(7-9-17)19(13-31-3)27-22(30)28-12-20(29)26-18-10-16(14-4-5-14)11-25-21(18)28/h6-11,14,19H,4-5,12-13H2,1-3H3,(H,26,29)(H,27,30). The number of nitrogens with zero attached hydrogens (tertiary/aromatic N) is 2. The molecule has 1 aromatic heterocycles. The van der Waals surface area contributed by atoms with Crippen molar-refractivity contribution in [1.82, 2.24) is 10.3 Å². The summed E-state index contributed by atoms with van der Waals surface area (Å²) in [7, 11) is 1.53. The molecule has 32 heavy (non-hydrogen) atoms. The fourth-order valence-electron chi connectivity index (χ4n) is 3.66. The summed E-state index contributed by atoms with van der Waals surface area (Å²) in [5.74, 6) is -0.801. The molecule has 170 valence electrons. The molecule has 0 saturated heterocycles. The summed E-state index contributed by atoms with van der Waals surface area (Å²) in [6.45, 7) is 2.72. The van der Waals surface area contributed by atoms with Crippen molar-refractivity contribution < 1.29 is 23.5 Å². The molecular weight excluding hydrogens is 415 g/mol. The van der Waals surface area contributed by atoms with Crippen molar-refractivity contribution in [1.29, 1.82) is 0 Å². The van der Waals surface area contributed by atoms with E-state index in [-0.39, 0.29) is 19.1 Å². The van der Waals surface area contributed by atoms with Crippen molar-refractivity contribution in [2.24, 2.45) is 0 Å². The average molecular weight is 442 g/mol. The number of nitrogens with one attached hydrogen (secondary N) is 2. The number of fused-ring (bicyclic) bond motifs is 1. The van der Waals surface area contributed by atoms with Crippen molar-refractivity contribution in [2.75, 3.05) is 30.5 Å². The first kappa shape index (κ1) is 22.0. The number of halogens is 1. The number of amides is 3. The first-order valence-corrected chi connectivity index (χ1v) is 10.6. The number of alkyl halides is 1. The van der Waals surface area contributed by atoms with Crippen LogP contribution in [-0.2, 0) is 9.53 Å². The van der Waals surface area contributed by atoms with Crippen LogP contribution in [0.5, 0.6) is 5.75 Å². The van der Waals surface area contributed by atoms with Gasteiger partial charge in [-0.25, -0.2) is 9.78 Å². The van der Waals surface area contributed by atoms with Gasteiger partial charge in [0.1, 0.15) is 12.3 Å². The Morgan fingerprint density at radius 3 is 2.69 bits per heavy atom. The number of aromatic nitrogens is 1. The smallest absolute Gasteiger partial charge is 0.324 e. The Balaban J connectivity index is 1.51. The Labute approximate surface area is 186 Å². The normalized spacial score (nSPS) is 16.8. The minimum absolute atomic E-state index is 0.132. The van der Waals surface area contributed by atoms with Crippen LogP contribution >= 0.6 is 0 Å². The molecule has 3 amide bonds. The molecule has 1 saturated carbocycles. The zero-order valence-corrected chi connectivity index (χ0v) is 18.4. The Kier molecular flexibility index (Phi) is 6.01. The van der Waals surface area contributed by atoms with Gasteiger partial charge in [0.25, 0.3) is 0 Å². The summed E-state index contributed by atoms with van der Waals surface area (Å²) < 4.78 is 24.2. The fraction of sp³-hybridized carbons (Fsp3) is 0.435. The van der Waals surface area contributed by atoms with Crippen LogP contribution in [0.1, 0.15) is 49.8 Å². The van der Waals surface area contributed by atoms with E-state index in [2.05, 4.69) is 15.6 Å². The number of pyridine rings is 1. The molecule has 0 radical (unpaired) electrons. The van der Waals surface area contributed by atoms with Gasteiger partial charge in [-0.05, 0) is 48.1 Å². The third-order valence-corrected chi connectivity index (χ3v) is 5.29. The molecular formula is C23H27FN4O4. The molecule has 1 aromatic carbocycles. The van der Waals surface area contributed by atoms with Crippen LogP contribution in [0.15, 0.2) is 36.5 Å². The number of ether oxygens (including phenoxy) is 2. The highest BCUT2D eigenvalue weighted by atomic mass is 19.2. The number of urea groups is 1. The van der Waals surface area contributed by atoms with Crippen LogP contribution < -0.4 is 20.3 Å². The van der Waals surface area contributed by atoms with Crippen LogP contribution in [-0.4, -0.2) is 43.0 Å². The third kappa shape index (κ3) is 5.16. The number of methoxy groups -OCH3 is 1. The third-order valence-electron chi connectivity index (χ3n) is 5.29. The number of rotatable bonds is 7. The predicted octanol–water partition coefficient (Wildman–Crippen LogP) is 3.90. The molecule has 1 fully saturated rings. The van der Waals surface area contributed by atoms with E-state index in [1.165, 1.54) is 25.9 Å². The Bertz CT molecular complexity index is 1000. The fourth-order valence-corrected chi connectivity index (χ4v) is 3.66. The van der Waals surface area contributed by atoms with Crippen LogP contribution in [0.2, 0.25) is 0 Å². The van der Waals surface area contributed by atoms with Crippen molar-refractivity contribution >= 4 is 23.4 Å². The first-order chi connectivity index (χ1) is 15.2. The first-order valence-electron chi connectivity index (χ1n) is 10.6. The molecule has 8 nitrogen and oxygen atoms in total. The summed E-state index contributed by atoms with van der Waals surface area (Å²) >= 11 is 0. The number of carbonyl (C=O) groups excluding carboxylic acids is 2. The Hall–Kier alpha value is -3.20. The maximum Gasteiger partial charge on any atom is 0.324 e. The van der Waals surface area contributed by atoms with Crippen molar-refractivity contribution in [3.05, 3.63) is 47.7 Å². The van der Waals surface area contributed by atoms with Crippen LogP contribution in [0.3, 0.4) is 0 Å². The van der Waals surface area contributed by atoms with E-state index in [0.29, 0.717) is 23.2 Å². The van der Waals surface area contributed by atoms with Crippen molar-refractivity contribution in [3.8, 4) is 5.75 Å². The van der Waals surface area contributed by atoms with E-state index in [0.717, 1.165) is 24.0 Å². The molecule has 1 atom stereocenters. The molecule has 1 aliphatic heterocycles. The van der Waals surface area contributed by atoms with Gasteiger partial charge in [-0.1, -0.05) is 12.1 Å². The summed E-state index contributed by atoms with van der Waals surface area (Å²) in [5.41, 5.74) is 2.37. The zero-order chi connectivity index (χ0) is 22.9. The van der Waals surface area contributed by atoms with Gasteiger partial charge in [-0.2, -0.15) is 4.39 Å². The Morgan fingerprint density at radius 1 is 1.34 bits per heavy atom. The second kappa shape index (κ2) is 8.74. The Morgan fingerprint density at radius 2 is 2.06 bits per heavy atom. The van der Waals surface area contributed by atoms with E-state index in [4.69, 9.17) is 9.47 Å². The second-order valence-electron chi connectivity index (χ2n) is 8.54. The number of hydrogen-bond acceptors (Lipinski definition) is 5. The van der Waals surface area contributed by atoms with E-state index in [1.54, 1.807) is 30.5 Å². The van der Waals surface area contributed by atoms with E-state index in [1.807, 2.05) is 6.07 Å². The number of carbonyl (C=O) groups is 2. The van der Waals surface area contributed by atoms with Crippen LogP contribution in [0, 0.1) is 0 Å². The molecule has 2 aliphatic rings. The van der Waals surface area contributed by atoms with Gasteiger partial charge in [-0.15, -0.1) is 0 Å². The van der Waals surface area contributed by atoms with Crippen LogP contribution in [0.25, 0.3) is 0 Å². The van der Waals surface area contributed by atoms with Gasteiger partial charge in [0.2, 0.25) is 11.8 Å². The lowest BCUT2D eigenvalue weighted by molar-refractivity contribution is -0.115. The summed E-state index contributed by atoms with van der Waals surface area (Å²) in [6, 6.07) is 7.70. The van der Waals surface area contributed by atoms with Crippen molar-refractivity contribution in [2.45, 2.75) is 44.5 Å². The predicted molar refractivity (Wildman–Crippen MR) is 118 cm³/mol. The highest BCUT2D eigenvalue weighted by Gasteiger charge is 2.32. The second-order valence-corrected chi connectivity index (χ2v) is 8.54. The number of anilines is 2. The van der Waals surface area contributed by atoms with Gasteiger partial charge in [-0.3, -0.25) is 9.69 Å². The zero-order valence-electron chi connectivity index (χ0n) is 18.4. The molecule has 2 heterocycles. The van der Waals surface area contributed by atoms with E-state index < -0.39 is 17.9 Å². The van der Waals surface area contributed by atoms with Gasteiger partial charge in [0.05, 0.1) is 18.3 Å². The van der Waals surface area contributed by atoms with Crippen LogP contribution in [0.4, 0.5) is 20.7 Å². The minimum Gasteiger partial charge on any atom is -0.459 e. The summed E-state index contributed by atoms with van der Waals surface area (Å²) in [4.78, 5) is 31.1. The number of benzene rings is 1. The van der Waals surface area contributed by atoms with Crippen molar-refractivity contribution in [3.63, 3.8) is 0 Å². The molecule has 2 aromatic rings. The van der Waals surface area contributed by atoms with Gasteiger partial charge >= 0.3 is 6.03 Å². The molecule has 4 rings (SSSR count). The van der Waals surface area contributed by atoms with E-state index >= 15 is 0 Å². The topological polar surface area (TPSA) is 92.8 Å². The highest BCUT2D eigenvalue weighted by molar-refractivity contribution is 6.08. The maximum absolute atomic E-state index is 13.7. The monoisotopic (exact) mass is 442 g/mol. The summed E-state index contributed by atoms with van der Waals surface area (Å²) in [5, 5.41) is 5.72. The quantitative estimate of drug-likeness (QED) is 0.679.